The zero-order valence-electron chi connectivity index (χ0n) is 9.88. The molecule has 0 atom stereocenters. The van der Waals surface area contributed by atoms with Gasteiger partial charge in [0.2, 0.25) is 0 Å². The van der Waals surface area contributed by atoms with Crippen molar-refractivity contribution in [2.45, 2.75) is 13.1 Å². The second-order valence-corrected chi connectivity index (χ2v) is 5.12. The summed E-state index contributed by atoms with van der Waals surface area (Å²) in [6, 6.07) is 4.50. The minimum Gasteiger partial charge on any atom is -0.329 e. The highest BCUT2D eigenvalue weighted by Crippen LogP contribution is 2.23. The van der Waals surface area contributed by atoms with Gasteiger partial charge in [0.25, 0.3) is 5.91 Å². The number of nitrogens with zero attached hydrogens (tertiary/aromatic N) is 4. The number of hydrogen-bond acceptors (Lipinski definition) is 3. The van der Waals surface area contributed by atoms with E-state index in [9.17, 15) is 9.18 Å². The number of benzene rings is 1. The lowest BCUT2D eigenvalue weighted by Gasteiger charge is -2.27. The monoisotopic (exact) mass is 324 g/mol. The molecular formula is C12H10BrFN4O. The molecule has 1 aliphatic rings. The highest BCUT2D eigenvalue weighted by atomic mass is 79.9. The topological polar surface area (TPSA) is 51.0 Å². The predicted octanol–water partition coefficient (Wildman–Crippen LogP) is 1.84. The van der Waals surface area contributed by atoms with E-state index in [1.807, 2.05) is 4.57 Å². The maximum Gasteiger partial charge on any atom is 0.258 e. The van der Waals surface area contributed by atoms with E-state index in [0.29, 0.717) is 29.9 Å². The Bertz CT molecular complexity index is 622. The summed E-state index contributed by atoms with van der Waals surface area (Å²) in [5.74, 6) is -0.141. The minimum atomic E-state index is -0.522. The van der Waals surface area contributed by atoms with Gasteiger partial charge in [-0.1, -0.05) is 6.07 Å². The van der Waals surface area contributed by atoms with Crippen molar-refractivity contribution in [1.82, 2.24) is 19.7 Å². The van der Waals surface area contributed by atoms with Crippen molar-refractivity contribution in [3.8, 4) is 0 Å². The van der Waals surface area contributed by atoms with Crippen LogP contribution in [0.2, 0.25) is 0 Å². The first-order valence-electron chi connectivity index (χ1n) is 5.77. The molecule has 0 aliphatic carbocycles. The van der Waals surface area contributed by atoms with Crippen LogP contribution >= 0.6 is 15.9 Å². The highest BCUT2D eigenvalue weighted by molar-refractivity contribution is 9.10. The Balaban J connectivity index is 1.90. The van der Waals surface area contributed by atoms with Crippen LogP contribution in [-0.2, 0) is 13.1 Å². The Morgan fingerprint density at radius 3 is 3.00 bits per heavy atom. The van der Waals surface area contributed by atoms with E-state index < -0.39 is 5.82 Å². The molecule has 2 aromatic rings. The second-order valence-electron chi connectivity index (χ2n) is 4.26. The lowest BCUT2D eigenvalue weighted by molar-refractivity contribution is 0.0701. The molecular weight excluding hydrogens is 315 g/mol. The average Bonchev–Trinajstić information content (AvgIpc) is 2.85. The Morgan fingerprint density at radius 2 is 2.21 bits per heavy atom. The van der Waals surface area contributed by atoms with E-state index in [1.54, 1.807) is 23.4 Å². The summed E-state index contributed by atoms with van der Waals surface area (Å²) in [5, 5.41) is 7.74. The molecule has 1 aromatic carbocycles. The molecule has 1 amide bonds. The molecule has 0 spiro atoms. The van der Waals surface area contributed by atoms with Crippen molar-refractivity contribution in [3.05, 3.63) is 46.2 Å². The van der Waals surface area contributed by atoms with Crippen LogP contribution in [0.3, 0.4) is 0 Å². The van der Waals surface area contributed by atoms with Gasteiger partial charge in [0.05, 0.1) is 12.1 Å². The lowest BCUT2D eigenvalue weighted by atomic mass is 10.1. The van der Waals surface area contributed by atoms with Crippen LogP contribution in [0.4, 0.5) is 4.39 Å². The van der Waals surface area contributed by atoms with E-state index in [-0.39, 0.29) is 11.5 Å². The minimum absolute atomic E-state index is 0.0652. The second kappa shape index (κ2) is 4.73. The van der Waals surface area contributed by atoms with E-state index in [1.165, 1.54) is 6.07 Å². The summed E-state index contributed by atoms with van der Waals surface area (Å²) in [6.07, 6.45) is 1.64. The van der Waals surface area contributed by atoms with Gasteiger partial charge in [-0.05, 0) is 28.1 Å². The first-order valence-corrected chi connectivity index (χ1v) is 6.56. The smallest absolute Gasteiger partial charge is 0.258 e. The van der Waals surface area contributed by atoms with Crippen molar-refractivity contribution in [3.63, 3.8) is 0 Å². The third kappa shape index (κ3) is 2.14. The van der Waals surface area contributed by atoms with E-state index in [0.717, 1.165) is 0 Å². The van der Waals surface area contributed by atoms with Crippen molar-refractivity contribution >= 4 is 21.8 Å². The number of hydrogen-bond donors (Lipinski definition) is 0. The first-order chi connectivity index (χ1) is 9.16. The Hall–Kier alpha value is -1.76. The molecule has 1 aromatic heterocycles. The van der Waals surface area contributed by atoms with Gasteiger partial charge in [0.15, 0.2) is 5.82 Å². The molecule has 98 valence electrons. The fourth-order valence-corrected chi connectivity index (χ4v) is 2.61. The fourth-order valence-electron chi connectivity index (χ4n) is 2.10. The van der Waals surface area contributed by atoms with Gasteiger partial charge < -0.3 is 9.47 Å². The number of carbonyl (C=O) groups excluding carboxylic acids is 1. The van der Waals surface area contributed by atoms with E-state index in [4.69, 9.17) is 0 Å². The van der Waals surface area contributed by atoms with Crippen LogP contribution in [0, 0.1) is 5.82 Å². The van der Waals surface area contributed by atoms with Crippen molar-refractivity contribution in [1.29, 1.82) is 0 Å². The number of amides is 1. The molecule has 0 saturated heterocycles. The van der Waals surface area contributed by atoms with Crippen LogP contribution in [0.25, 0.3) is 0 Å². The third-order valence-electron chi connectivity index (χ3n) is 3.10. The number of carbonyl (C=O) groups is 1. The molecule has 0 fully saturated rings. The quantitative estimate of drug-likeness (QED) is 0.804. The average molecular weight is 325 g/mol. The van der Waals surface area contributed by atoms with Crippen molar-refractivity contribution in [2.75, 3.05) is 6.54 Å². The molecule has 2 heterocycles. The van der Waals surface area contributed by atoms with Gasteiger partial charge in [-0.15, -0.1) is 10.2 Å². The maximum atomic E-state index is 13.8. The van der Waals surface area contributed by atoms with Crippen molar-refractivity contribution < 1.29 is 9.18 Å². The van der Waals surface area contributed by atoms with Gasteiger partial charge in [-0.2, -0.15) is 0 Å². The Kier molecular flexibility index (Phi) is 3.06. The Labute approximate surface area is 117 Å². The molecule has 0 radical (unpaired) electrons. The molecule has 0 bridgehead atoms. The first kappa shape index (κ1) is 12.3. The summed E-state index contributed by atoms with van der Waals surface area (Å²) in [7, 11) is 0. The molecule has 0 unspecified atom stereocenters. The van der Waals surface area contributed by atoms with Gasteiger partial charge >= 0.3 is 0 Å². The maximum absolute atomic E-state index is 13.8. The molecule has 5 nitrogen and oxygen atoms in total. The molecule has 19 heavy (non-hydrogen) atoms. The van der Waals surface area contributed by atoms with Gasteiger partial charge in [0.1, 0.15) is 12.1 Å². The van der Waals surface area contributed by atoms with Gasteiger partial charge in [0, 0.05) is 17.6 Å². The lowest BCUT2D eigenvalue weighted by Crippen LogP contribution is -2.38. The summed E-state index contributed by atoms with van der Waals surface area (Å²) in [5.41, 5.74) is 0.0652. The SMILES string of the molecule is O=C(c1c(F)cccc1Br)N1CCn2cnnc2C1. The third-order valence-corrected chi connectivity index (χ3v) is 3.76. The van der Waals surface area contributed by atoms with E-state index in [2.05, 4.69) is 26.1 Å². The molecule has 3 rings (SSSR count). The summed E-state index contributed by atoms with van der Waals surface area (Å²) < 4.78 is 16.1. The van der Waals surface area contributed by atoms with Crippen LogP contribution in [0.15, 0.2) is 29.0 Å². The van der Waals surface area contributed by atoms with Crippen LogP contribution < -0.4 is 0 Å². The number of halogens is 2. The van der Waals surface area contributed by atoms with Crippen molar-refractivity contribution in [2.24, 2.45) is 0 Å². The summed E-state index contributed by atoms with van der Waals surface area (Å²) in [6.45, 7) is 1.49. The predicted molar refractivity (Wildman–Crippen MR) is 68.9 cm³/mol. The molecule has 0 N–H and O–H groups in total. The Morgan fingerprint density at radius 1 is 1.37 bits per heavy atom. The fraction of sp³-hybridized carbons (Fsp3) is 0.250. The number of aromatic nitrogens is 3. The van der Waals surface area contributed by atoms with Crippen LogP contribution in [-0.4, -0.2) is 32.1 Å². The van der Waals surface area contributed by atoms with Gasteiger partial charge in [-0.3, -0.25) is 4.79 Å². The summed E-state index contributed by atoms with van der Waals surface area (Å²) in [4.78, 5) is 13.9. The normalized spacial score (nSPS) is 14.3. The zero-order chi connectivity index (χ0) is 13.4. The number of rotatable bonds is 1. The summed E-state index contributed by atoms with van der Waals surface area (Å²) >= 11 is 3.22. The zero-order valence-corrected chi connectivity index (χ0v) is 11.5. The van der Waals surface area contributed by atoms with E-state index >= 15 is 0 Å². The molecule has 0 saturated carbocycles. The van der Waals surface area contributed by atoms with Gasteiger partial charge in [-0.25, -0.2) is 4.39 Å². The number of fused-ring (bicyclic) bond motifs is 1. The molecule has 1 aliphatic heterocycles. The standard InChI is InChI=1S/C12H10BrFN4O/c13-8-2-1-3-9(14)11(8)12(19)17-4-5-18-7-15-16-10(18)6-17/h1-3,7H,4-6H2. The largest absolute Gasteiger partial charge is 0.329 e. The van der Waals surface area contributed by atoms with Crippen LogP contribution in [0.5, 0.6) is 0 Å². The van der Waals surface area contributed by atoms with Crippen LogP contribution in [0.1, 0.15) is 16.2 Å². The molecule has 7 heteroatoms. The highest BCUT2D eigenvalue weighted by Gasteiger charge is 2.26.